The summed E-state index contributed by atoms with van der Waals surface area (Å²) in [6, 6.07) is 17.2. The van der Waals surface area contributed by atoms with Crippen LogP contribution in [0.15, 0.2) is 66.7 Å². The van der Waals surface area contributed by atoms with Crippen molar-refractivity contribution >= 4 is 23.4 Å². The van der Waals surface area contributed by atoms with Crippen LogP contribution in [-0.4, -0.2) is 17.1 Å². The maximum absolute atomic E-state index is 13.1. The van der Waals surface area contributed by atoms with Gasteiger partial charge in [-0.15, -0.1) is 0 Å². The molecular weight excluding hydrogens is 445 g/mol. The van der Waals surface area contributed by atoms with E-state index in [9.17, 15) is 22.8 Å². The van der Waals surface area contributed by atoms with Crippen molar-refractivity contribution in [3.8, 4) is 11.1 Å². The van der Waals surface area contributed by atoms with Gasteiger partial charge in [0.05, 0.1) is 11.3 Å². The molecule has 1 atom stereocenters. The van der Waals surface area contributed by atoms with Crippen LogP contribution in [0.25, 0.3) is 11.1 Å². The minimum Gasteiger partial charge on any atom is -0.481 e. The lowest BCUT2D eigenvalue weighted by Gasteiger charge is -2.24. The van der Waals surface area contributed by atoms with Crippen LogP contribution >= 0.6 is 0 Å². The Morgan fingerprint density at radius 3 is 2.32 bits per heavy atom. The third-order valence-electron chi connectivity index (χ3n) is 5.96. The number of benzene rings is 3. The van der Waals surface area contributed by atoms with Gasteiger partial charge in [0.1, 0.15) is 0 Å². The van der Waals surface area contributed by atoms with Crippen molar-refractivity contribution in [2.75, 3.05) is 10.6 Å². The fourth-order valence-electron chi connectivity index (χ4n) is 4.30. The molecule has 1 aliphatic carbocycles. The number of carbonyl (C=O) groups is 2. The summed E-state index contributed by atoms with van der Waals surface area (Å²) in [5.74, 6) is -0.604. The van der Waals surface area contributed by atoms with E-state index in [-0.39, 0.29) is 18.0 Å². The van der Waals surface area contributed by atoms with E-state index < -0.39 is 23.7 Å². The largest absolute Gasteiger partial charge is 0.481 e. The number of hydrogen-bond acceptors (Lipinski definition) is 2. The van der Waals surface area contributed by atoms with E-state index in [0.29, 0.717) is 5.69 Å². The van der Waals surface area contributed by atoms with Gasteiger partial charge in [0.25, 0.3) is 0 Å². The number of amides is 2. The molecule has 0 fully saturated rings. The number of carbonyl (C=O) groups excluding carboxylic acids is 1. The number of anilines is 2. The van der Waals surface area contributed by atoms with Crippen molar-refractivity contribution in [3.05, 3.63) is 83.4 Å². The molecule has 5 nitrogen and oxygen atoms in total. The van der Waals surface area contributed by atoms with Crippen LogP contribution in [0.2, 0.25) is 0 Å². The van der Waals surface area contributed by atoms with Crippen molar-refractivity contribution in [1.29, 1.82) is 0 Å². The number of carboxylic acids is 1. The van der Waals surface area contributed by atoms with Crippen molar-refractivity contribution < 1.29 is 27.9 Å². The van der Waals surface area contributed by atoms with E-state index in [1.807, 2.05) is 24.3 Å². The molecule has 2 amide bonds. The quantitative estimate of drug-likeness (QED) is 0.395. The molecule has 34 heavy (non-hydrogen) atoms. The molecule has 3 aromatic rings. The van der Waals surface area contributed by atoms with Gasteiger partial charge in [-0.1, -0.05) is 42.5 Å². The number of aryl methyl sites for hydroxylation is 1. The highest BCUT2D eigenvalue weighted by molar-refractivity contribution is 6.00. The smallest absolute Gasteiger partial charge is 0.418 e. The lowest BCUT2D eigenvalue weighted by atomic mass is 9.81. The molecular formula is C26H23F3N2O3. The number of para-hydroxylation sites is 1. The third-order valence-corrected chi connectivity index (χ3v) is 5.96. The molecule has 0 bridgehead atoms. The van der Waals surface area contributed by atoms with Crippen molar-refractivity contribution in [2.24, 2.45) is 5.92 Å². The predicted octanol–water partition coefficient (Wildman–Crippen LogP) is 6.60. The lowest BCUT2D eigenvalue weighted by Crippen LogP contribution is -2.21. The summed E-state index contributed by atoms with van der Waals surface area (Å²) in [6.07, 6.45) is -1.95. The molecule has 3 N–H and O–H groups in total. The number of rotatable bonds is 5. The van der Waals surface area contributed by atoms with E-state index in [2.05, 4.69) is 16.7 Å². The molecule has 0 heterocycles. The minimum absolute atomic E-state index is 0.162. The molecule has 8 heteroatoms. The first-order valence-corrected chi connectivity index (χ1v) is 10.9. The zero-order chi connectivity index (χ0) is 24.3. The number of urea groups is 1. The van der Waals surface area contributed by atoms with Crippen LogP contribution in [0.1, 0.15) is 29.5 Å². The second kappa shape index (κ2) is 9.59. The Morgan fingerprint density at radius 1 is 0.912 bits per heavy atom. The first-order valence-electron chi connectivity index (χ1n) is 10.9. The fraction of sp³-hybridized carbons (Fsp3) is 0.231. The van der Waals surface area contributed by atoms with Crippen LogP contribution in [0, 0.1) is 5.92 Å². The second-order valence-corrected chi connectivity index (χ2v) is 8.39. The van der Waals surface area contributed by atoms with E-state index in [0.717, 1.165) is 36.5 Å². The highest BCUT2D eigenvalue weighted by atomic mass is 19.4. The zero-order valence-electron chi connectivity index (χ0n) is 18.2. The Labute approximate surface area is 194 Å². The maximum Gasteiger partial charge on any atom is 0.418 e. The van der Waals surface area contributed by atoms with E-state index in [4.69, 9.17) is 5.11 Å². The van der Waals surface area contributed by atoms with Gasteiger partial charge in [0, 0.05) is 12.1 Å². The number of aliphatic carboxylic acids is 1. The Bertz CT molecular complexity index is 1210. The van der Waals surface area contributed by atoms with Gasteiger partial charge >= 0.3 is 18.2 Å². The van der Waals surface area contributed by atoms with Gasteiger partial charge in [0.2, 0.25) is 0 Å². The number of alkyl halides is 3. The summed E-state index contributed by atoms with van der Waals surface area (Å²) in [5.41, 5.74) is 3.54. The van der Waals surface area contributed by atoms with Gasteiger partial charge in [0.15, 0.2) is 0 Å². The van der Waals surface area contributed by atoms with Crippen LogP contribution in [0.3, 0.4) is 0 Å². The monoisotopic (exact) mass is 468 g/mol. The van der Waals surface area contributed by atoms with Crippen LogP contribution in [0.4, 0.5) is 29.3 Å². The molecule has 0 radical (unpaired) electrons. The molecule has 1 aliphatic rings. The van der Waals surface area contributed by atoms with E-state index >= 15 is 0 Å². The highest BCUT2D eigenvalue weighted by Crippen LogP contribution is 2.35. The van der Waals surface area contributed by atoms with Crippen LogP contribution in [0.5, 0.6) is 0 Å². The number of halogens is 3. The number of hydrogen-bond donors (Lipinski definition) is 3. The van der Waals surface area contributed by atoms with Gasteiger partial charge in [-0.2, -0.15) is 13.2 Å². The van der Waals surface area contributed by atoms with Crippen LogP contribution in [-0.2, 0) is 23.8 Å². The van der Waals surface area contributed by atoms with Gasteiger partial charge in [-0.05, 0) is 71.7 Å². The van der Waals surface area contributed by atoms with Crippen molar-refractivity contribution in [1.82, 2.24) is 0 Å². The minimum atomic E-state index is -4.57. The average Bonchev–Trinajstić information content (AvgIpc) is 2.78. The number of fused-ring (bicyclic) bond motifs is 1. The molecule has 0 saturated carbocycles. The normalized spacial score (nSPS) is 15.3. The van der Waals surface area contributed by atoms with Crippen molar-refractivity contribution in [2.45, 2.75) is 31.9 Å². The second-order valence-electron chi connectivity index (χ2n) is 8.39. The average molecular weight is 468 g/mol. The Morgan fingerprint density at radius 2 is 1.62 bits per heavy atom. The summed E-state index contributed by atoms with van der Waals surface area (Å²) in [6.45, 7) is 0. The number of nitrogens with one attached hydrogen (secondary N) is 2. The van der Waals surface area contributed by atoms with E-state index in [1.54, 1.807) is 12.1 Å². The third kappa shape index (κ3) is 5.57. The van der Waals surface area contributed by atoms with Gasteiger partial charge in [-0.25, -0.2) is 4.79 Å². The zero-order valence-corrected chi connectivity index (χ0v) is 18.2. The Balaban J connectivity index is 1.41. The molecule has 0 spiro atoms. The first kappa shape index (κ1) is 23.4. The Kier molecular flexibility index (Phi) is 6.58. The van der Waals surface area contributed by atoms with Crippen molar-refractivity contribution in [3.63, 3.8) is 0 Å². The Hall–Kier alpha value is -3.81. The molecule has 0 aliphatic heterocycles. The summed E-state index contributed by atoms with van der Waals surface area (Å²) in [4.78, 5) is 23.2. The summed E-state index contributed by atoms with van der Waals surface area (Å²) < 4.78 is 39.3. The van der Waals surface area contributed by atoms with Crippen LogP contribution < -0.4 is 10.6 Å². The summed E-state index contributed by atoms with van der Waals surface area (Å²) >= 11 is 0. The molecule has 176 valence electrons. The summed E-state index contributed by atoms with van der Waals surface area (Å²) in [7, 11) is 0. The highest BCUT2D eigenvalue weighted by Gasteiger charge is 2.33. The topological polar surface area (TPSA) is 78.4 Å². The summed E-state index contributed by atoms with van der Waals surface area (Å²) in [5, 5.41) is 13.8. The van der Waals surface area contributed by atoms with E-state index in [1.165, 1.54) is 29.3 Å². The van der Waals surface area contributed by atoms with Gasteiger partial charge < -0.3 is 15.7 Å². The number of carboxylic acid groups (broad SMARTS) is 1. The SMILES string of the molecule is O=C(O)CC1CCc2cc(-c3ccc(NC(=O)Nc4ccccc4C(F)(F)F)cc3)ccc2C1. The maximum atomic E-state index is 13.1. The molecule has 4 rings (SSSR count). The molecule has 0 aromatic heterocycles. The van der Waals surface area contributed by atoms with Gasteiger partial charge in [-0.3, -0.25) is 4.79 Å². The predicted molar refractivity (Wildman–Crippen MR) is 124 cm³/mol. The fourth-order valence-corrected chi connectivity index (χ4v) is 4.30. The molecule has 1 unspecified atom stereocenters. The standard InChI is InChI=1S/C26H23F3N2O3/c27-26(28,29)22-3-1-2-4-23(22)31-25(34)30-21-11-9-17(10-12-21)19-8-7-18-13-16(14-24(32)33)5-6-20(18)15-19/h1-4,7-12,15-16H,5-6,13-14H2,(H,32,33)(H2,30,31,34). The molecule has 3 aromatic carbocycles. The molecule has 0 saturated heterocycles. The first-order chi connectivity index (χ1) is 16.2. The lowest BCUT2D eigenvalue weighted by molar-refractivity contribution is -0.138.